The lowest BCUT2D eigenvalue weighted by Crippen LogP contribution is -2.12. The highest BCUT2D eigenvalue weighted by Crippen LogP contribution is 2.31. The summed E-state index contributed by atoms with van der Waals surface area (Å²) in [6.45, 7) is 0.369. The van der Waals surface area contributed by atoms with E-state index in [0.29, 0.717) is 23.2 Å². The minimum absolute atomic E-state index is 0.179. The maximum absolute atomic E-state index is 11.2. The molecule has 2 N–H and O–H groups in total. The Morgan fingerprint density at radius 3 is 2.80 bits per heavy atom. The van der Waals surface area contributed by atoms with Gasteiger partial charge in [0.25, 0.3) is 0 Å². The Hall–Kier alpha value is -3.25. The number of aromatic carboxylic acids is 1. The molecule has 6 heteroatoms. The maximum Gasteiger partial charge on any atom is 0.335 e. The van der Waals surface area contributed by atoms with E-state index in [1.54, 1.807) is 24.4 Å². The Morgan fingerprint density at radius 1 is 1.16 bits per heavy atom. The number of benzene rings is 2. The SMILES string of the molecule is O=C(O)c1ccc2noc(-c3cccc(C4=CC(O)CN=C4)c3)c2c1. The first kappa shape index (κ1) is 15.3. The van der Waals surface area contributed by atoms with Crippen LogP contribution in [0.2, 0.25) is 0 Å². The number of nitrogens with zero attached hydrogens (tertiary/aromatic N) is 2. The van der Waals surface area contributed by atoms with Crippen molar-refractivity contribution in [3.63, 3.8) is 0 Å². The van der Waals surface area contributed by atoms with Gasteiger partial charge in [-0.05, 0) is 41.5 Å². The quantitative estimate of drug-likeness (QED) is 0.767. The molecule has 25 heavy (non-hydrogen) atoms. The topological polar surface area (TPSA) is 95.9 Å². The number of rotatable bonds is 3. The third kappa shape index (κ3) is 2.83. The molecule has 0 aliphatic carbocycles. The van der Waals surface area contributed by atoms with Gasteiger partial charge in [-0.3, -0.25) is 4.99 Å². The van der Waals surface area contributed by atoms with Crippen LogP contribution in [0.25, 0.3) is 27.8 Å². The van der Waals surface area contributed by atoms with Crippen molar-refractivity contribution in [1.29, 1.82) is 0 Å². The van der Waals surface area contributed by atoms with E-state index < -0.39 is 12.1 Å². The highest BCUT2D eigenvalue weighted by molar-refractivity contribution is 6.11. The van der Waals surface area contributed by atoms with Crippen molar-refractivity contribution in [2.75, 3.05) is 6.54 Å². The molecule has 1 atom stereocenters. The summed E-state index contributed by atoms with van der Waals surface area (Å²) < 4.78 is 5.45. The zero-order chi connectivity index (χ0) is 17.4. The molecule has 0 spiro atoms. The number of aliphatic imine (C=N–C) groups is 1. The number of fused-ring (bicyclic) bond motifs is 1. The van der Waals surface area contributed by atoms with Crippen LogP contribution < -0.4 is 0 Å². The number of carboxylic acid groups (broad SMARTS) is 1. The average molecular weight is 334 g/mol. The van der Waals surface area contributed by atoms with E-state index in [1.807, 2.05) is 24.3 Å². The normalized spacial score (nSPS) is 16.8. The van der Waals surface area contributed by atoms with Gasteiger partial charge in [0.15, 0.2) is 5.76 Å². The summed E-state index contributed by atoms with van der Waals surface area (Å²) in [5, 5.41) is 23.6. The van der Waals surface area contributed by atoms with Crippen LogP contribution in [0.4, 0.5) is 0 Å². The summed E-state index contributed by atoms with van der Waals surface area (Å²) in [5.74, 6) is -0.491. The van der Waals surface area contributed by atoms with Crippen molar-refractivity contribution in [1.82, 2.24) is 5.16 Å². The van der Waals surface area contributed by atoms with Gasteiger partial charge in [-0.25, -0.2) is 4.79 Å². The number of aliphatic hydroxyl groups is 1. The first-order valence-corrected chi connectivity index (χ1v) is 7.75. The fraction of sp³-hybridized carbons (Fsp3) is 0.105. The van der Waals surface area contributed by atoms with E-state index in [0.717, 1.165) is 16.7 Å². The standard InChI is InChI=1S/C19H14N2O4/c22-15-7-14(9-20-10-15)11-2-1-3-12(6-11)18-16-8-13(19(23)24)4-5-17(16)21-25-18/h1-9,15,22H,10H2,(H,23,24). The average Bonchev–Trinajstić information content (AvgIpc) is 3.05. The molecule has 0 amide bonds. The number of hydrogen-bond donors (Lipinski definition) is 2. The third-order valence-electron chi connectivity index (χ3n) is 4.08. The molecule has 3 aromatic rings. The van der Waals surface area contributed by atoms with Crippen molar-refractivity contribution in [3.8, 4) is 11.3 Å². The van der Waals surface area contributed by atoms with Gasteiger partial charge >= 0.3 is 5.97 Å². The smallest absolute Gasteiger partial charge is 0.335 e. The highest BCUT2D eigenvalue weighted by Gasteiger charge is 2.15. The molecule has 0 bridgehead atoms. The van der Waals surface area contributed by atoms with Crippen LogP contribution in [0.15, 0.2) is 58.1 Å². The van der Waals surface area contributed by atoms with E-state index in [2.05, 4.69) is 10.1 Å². The number of hydrogen-bond acceptors (Lipinski definition) is 5. The second-order valence-electron chi connectivity index (χ2n) is 5.81. The minimum atomic E-state index is -1.000. The molecule has 0 fully saturated rings. The third-order valence-corrected chi connectivity index (χ3v) is 4.08. The summed E-state index contributed by atoms with van der Waals surface area (Å²) in [6.07, 6.45) is 2.90. The minimum Gasteiger partial charge on any atom is -0.478 e. The Morgan fingerprint density at radius 2 is 2.00 bits per heavy atom. The van der Waals surface area contributed by atoms with Crippen LogP contribution in [-0.4, -0.2) is 40.2 Å². The lowest BCUT2D eigenvalue weighted by atomic mass is 9.99. The van der Waals surface area contributed by atoms with Crippen LogP contribution in [0.5, 0.6) is 0 Å². The summed E-state index contributed by atoms with van der Waals surface area (Å²) in [4.78, 5) is 15.4. The zero-order valence-corrected chi connectivity index (χ0v) is 13.1. The Bertz CT molecular complexity index is 1030. The number of carboxylic acids is 1. The van der Waals surface area contributed by atoms with E-state index >= 15 is 0 Å². The van der Waals surface area contributed by atoms with Crippen molar-refractivity contribution in [2.24, 2.45) is 4.99 Å². The van der Waals surface area contributed by atoms with E-state index in [4.69, 9.17) is 4.52 Å². The van der Waals surface area contributed by atoms with Gasteiger partial charge in [-0.1, -0.05) is 23.4 Å². The molecule has 6 nitrogen and oxygen atoms in total. The number of aromatic nitrogens is 1. The molecule has 0 saturated heterocycles. The molecule has 0 saturated carbocycles. The molecule has 1 aliphatic heterocycles. The molecule has 2 heterocycles. The van der Waals surface area contributed by atoms with Gasteiger partial charge < -0.3 is 14.7 Å². The molecular weight excluding hydrogens is 320 g/mol. The first-order chi connectivity index (χ1) is 12.1. The molecule has 1 aromatic heterocycles. The summed E-state index contributed by atoms with van der Waals surface area (Å²) in [5.41, 5.74) is 3.27. The van der Waals surface area contributed by atoms with E-state index in [-0.39, 0.29) is 5.56 Å². The largest absolute Gasteiger partial charge is 0.478 e. The van der Waals surface area contributed by atoms with Gasteiger partial charge in [0.1, 0.15) is 5.52 Å². The molecule has 4 rings (SSSR count). The molecule has 124 valence electrons. The highest BCUT2D eigenvalue weighted by atomic mass is 16.5. The van der Waals surface area contributed by atoms with Gasteiger partial charge in [0.05, 0.1) is 23.6 Å². The second-order valence-corrected chi connectivity index (χ2v) is 5.81. The monoisotopic (exact) mass is 334 g/mol. The predicted molar refractivity (Wildman–Crippen MR) is 93.7 cm³/mol. The van der Waals surface area contributed by atoms with Gasteiger partial charge in [-0.2, -0.15) is 0 Å². The summed E-state index contributed by atoms with van der Waals surface area (Å²) in [7, 11) is 0. The fourth-order valence-corrected chi connectivity index (χ4v) is 2.86. The number of aliphatic hydroxyl groups excluding tert-OH is 1. The van der Waals surface area contributed by atoms with Crippen molar-refractivity contribution in [2.45, 2.75) is 6.10 Å². The molecule has 2 aromatic carbocycles. The van der Waals surface area contributed by atoms with E-state index in [9.17, 15) is 15.0 Å². The molecular formula is C19H14N2O4. The van der Waals surface area contributed by atoms with Crippen LogP contribution in [-0.2, 0) is 0 Å². The number of allylic oxidation sites excluding steroid dienone is 1. The molecule has 1 aliphatic rings. The van der Waals surface area contributed by atoms with Crippen LogP contribution >= 0.6 is 0 Å². The maximum atomic E-state index is 11.2. The lowest BCUT2D eigenvalue weighted by Gasteiger charge is -2.11. The Balaban J connectivity index is 1.81. The summed E-state index contributed by atoms with van der Waals surface area (Å²) in [6, 6.07) is 12.2. The van der Waals surface area contributed by atoms with Crippen LogP contribution in [0, 0.1) is 0 Å². The van der Waals surface area contributed by atoms with Crippen molar-refractivity contribution in [3.05, 3.63) is 59.7 Å². The van der Waals surface area contributed by atoms with Crippen LogP contribution in [0.3, 0.4) is 0 Å². The van der Waals surface area contributed by atoms with Crippen molar-refractivity contribution < 1.29 is 19.5 Å². The summed E-state index contributed by atoms with van der Waals surface area (Å²) >= 11 is 0. The fourth-order valence-electron chi connectivity index (χ4n) is 2.86. The van der Waals surface area contributed by atoms with Crippen LogP contribution in [0.1, 0.15) is 15.9 Å². The second kappa shape index (κ2) is 5.99. The first-order valence-electron chi connectivity index (χ1n) is 7.75. The van der Waals surface area contributed by atoms with Gasteiger partial charge in [-0.15, -0.1) is 0 Å². The Kier molecular flexibility index (Phi) is 3.66. The van der Waals surface area contributed by atoms with Gasteiger partial charge in [0, 0.05) is 11.8 Å². The number of dihydropyridines is 1. The van der Waals surface area contributed by atoms with Crippen molar-refractivity contribution >= 4 is 28.7 Å². The Labute approximate surface area is 142 Å². The number of carbonyl (C=O) groups is 1. The van der Waals surface area contributed by atoms with Gasteiger partial charge in [0.2, 0.25) is 0 Å². The molecule has 1 unspecified atom stereocenters. The zero-order valence-electron chi connectivity index (χ0n) is 13.1. The van der Waals surface area contributed by atoms with E-state index in [1.165, 1.54) is 6.07 Å². The lowest BCUT2D eigenvalue weighted by molar-refractivity contribution is 0.0697. The predicted octanol–water partition coefficient (Wildman–Crippen LogP) is 3.02. The molecule has 0 radical (unpaired) electrons.